The molecular weight excluding hydrogens is 436 g/mol. The molecule has 0 bridgehead atoms. The second-order valence-electron chi connectivity index (χ2n) is 11.2. The molecule has 188 valence electrons. The zero-order valence-electron chi connectivity index (χ0n) is 21.8. The van der Waals surface area contributed by atoms with Gasteiger partial charge in [-0.1, -0.05) is 52.0 Å². The Morgan fingerprint density at radius 1 is 1.03 bits per heavy atom. The normalized spacial score (nSPS) is 18.8. The number of aryl methyl sites for hydroxylation is 2. The van der Waals surface area contributed by atoms with E-state index in [1.807, 2.05) is 0 Å². The molecule has 2 aromatic heterocycles. The molecule has 2 heterocycles. The minimum atomic E-state index is 0.0138. The summed E-state index contributed by atoms with van der Waals surface area (Å²) in [6, 6.07) is 7.27. The van der Waals surface area contributed by atoms with Crippen molar-refractivity contribution < 1.29 is 0 Å². The number of nitrogens with one attached hydrogen (secondary N) is 1. The number of tetrazole rings is 1. The van der Waals surface area contributed by atoms with Crippen LogP contribution in [-0.4, -0.2) is 36.1 Å². The van der Waals surface area contributed by atoms with Crippen LogP contribution in [0.15, 0.2) is 23.0 Å². The number of rotatable bonds is 7. The first-order valence-electron chi connectivity index (χ1n) is 13.6. The lowest BCUT2D eigenvalue weighted by atomic mass is 9.94. The van der Waals surface area contributed by atoms with E-state index in [-0.39, 0.29) is 11.6 Å². The fourth-order valence-electron chi connectivity index (χ4n) is 6.53. The quantitative estimate of drug-likeness (QED) is 0.468. The van der Waals surface area contributed by atoms with Gasteiger partial charge in [-0.15, -0.1) is 5.10 Å². The summed E-state index contributed by atoms with van der Waals surface area (Å²) in [6.07, 6.45) is 10.9. The zero-order valence-corrected chi connectivity index (χ0v) is 21.8. The van der Waals surface area contributed by atoms with Gasteiger partial charge in [0.05, 0.1) is 12.1 Å². The first-order chi connectivity index (χ1) is 16.9. The van der Waals surface area contributed by atoms with Crippen LogP contribution in [0.25, 0.3) is 10.9 Å². The fraction of sp³-hybridized carbons (Fsp3) is 0.643. The van der Waals surface area contributed by atoms with Crippen LogP contribution >= 0.6 is 0 Å². The number of hydrogen-bond acceptors (Lipinski definition) is 5. The van der Waals surface area contributed by atoms with Gasteiger partial charge in [-0.3, -0.25) is 9.69 Å². The number of aromatic nitrogens is 5. The van der Waals surface area contributed by atoms with Crippen molar-refractivity contribution in [2.75, 3.05) is 0 Å². The second kappa shape index (κ2) is 10.2. The lowest BCUT2D eigenvalue weighted by Crippen LogP contribution is -2.41. The third-order valence-corrected chi connectivity index (χ3v) is 8.23. The molecule has 7 nitrogen and oxygen atoms in total. The number of pyridine rings is 1. The van der Waals surface area contributed by atoms with E-state index in [0.29, 0.717) is 24.5 Å². The topological polar surface area (TPSA) is 79.7 Å². The highest BCUT2D eigenvalue weighted by molar-refractivity contribution is 5.83. The van der Waals surface area contributed by atoms with Crippen LogP contribution in [0.2, 0.25) is 0 Å². The highest BCUT2D eigenvalue weighted by Crippen LogP contribution is 2.38. The number of hydrogen-bond donors (Lipinski definition) is 1. The zero-order chi connectivity index (χ0) is 24.5. The van der Waals surface area contributed by atoms with Crippen LogP contribution in [0.4, 0.5) is 0 Å². The van der Waals surface area contributed by atoms with E-state index in [0.717, 1.165) is 48.0 Å². The van der Waals surface area contributed by atoms with Crippen LogP contribution in [0.1, 0.15) is 106 Å². The van der Waals surface area contributed by atoms with E-state index in [2.05, 4.69) is 76.0 Å². The number of fused-ring (bicyclic) bond motifs is 1. The van der Waals surface area contributed by atoms with Crippen molar-refractivity contribution in [2.24, 2.45) is 5.92 Å². The van der Waals surface area contributed by atoms with Gasteiger partial charge in [-0.2, -0.15) is 0 Å². The molecule has 1 N–H and O–H groups in total. The third-order valence-electron chi connectivity index (χ3n) is 8.23. The van der Waals surface area contributed by atoms with Crippen molar-refractivity contribution in [3.8, 4) is 0 Å². The van der Waals surface area contributed by atoms with Crippen LogP contribution in [-0.2, 0) is 6.54 Å². The van der Waals surface area contributed by atoms with E-state index in [4.69, 9.17) is 0 Å². The second-order valence-corrected chi connectivity index (χ2v) is 11.2. The number of benzene rings is 1. The molecule has 0 spiro atoms. The Labute approximate surface area is 208 Å². The maximum atomic E-state index is 13.3. The summed E-state index contributed by atoms with van der Waals surface area (Å²) in [4.78, 5) is 19.0. The first-order valence-corrected chi connectivity index (χ1v) is 13.6. The van der Waals surface area contributed by atoms with Gasteiger partial charge in [0, 0.05) is 29.1 Å². The standard InChI is InChI=1S/C28H40N6O/c1-18(2)26(27-30-31-32-34(27)23-12-6-5-7-13-23)33(22-10-8-9-11-22)17-21-16-24-20(4)14-19(3)15-25(24)29-28(21)35/h14-16,18,22-23,26H,5-13,17H2,1-4H3,(H,29,35)/t26-/m1/s1. The Hall–Kier alpha value is -2.54. The van der Waals surface area contributed by atoms with Crippen molar-refractivity contribution in [3.63, 3.8) is 0 Å². The van der Waals surface area contributed by atoms with Gasteiger partial charge in [0.2, 0.25) is 0 Å². The molecule has 2 saturated carbocycles. The van der Waals surface area contributed by atoms with Gasteiger partial charge < -0.3 is 4.98 Å². The molecule has 0 radical (unpaired) electrons. The predicted molar refractivity (Wildman–Crippen MR) is 139 cm³/mol. The molecule has 1 aromatic carbocycles. The van der Waals surface area contributed by atoms with Crippen molar-refractivity contribution in [1.29, 1.82) is 0 Å². The highest BCUT2D eigenvalue weighted by Gasteiger charge is 2.36. The summed E-state index contributed by atoms with van der Waals surface area (Å²) in [6.45, 7) is 9.35. The molecule has 0 unspecified atom stereocenters. The van der Waals surface area contributed by atoms with Gasteiger partial charge in [0.1, 0.15) is 0 Å². The van der Waals surface area contributed by atoms with Crippen molar-refractivity contribution >= 4 is 10.9 Å². The Morgan fingerprint density at radius 3 is 2.46 bits per heavy atom. The number of aromatic amines is 1. The predicted octanol–water partition coefficient (Wildman–Crippen LogP) is 5.78. The van der Waals surface area contributed by atoms with Crippen molar-refractivity contribution in [1.82, 2.24) is 30.1 Å². The van der Waals surface area contributed by atoms with E-state index < -0.39 is 0 Å². The van der Waals surface area contributed by atoms with Gasteiger partial charge in [-0.25, -0.2) is 4.68 Å². The molecule has 0 aliphatic heterocycles. The summed E-state index contributed by atoms with van der Waals surface area (Å²) >= 11 is 0. The molecule has 5 rings (SSSR count). The average molecular weight is 477 g/mol. The Morgan fingerprint density at radius 2 is 1.74 bits per heavy atom. The van der Waals surface area contributed by atoms with E-state index in [9.17, 15) is 4.79 Å². The lowest BCUT2D eigenvalue weighted by Gasteiger charge is -2.38. The first kappa shape index (κ1) is 24.2. The van der Waals surface area contributed by atoms with Crippen molar-refractivity contribution in [2.45, 2.75) is 110 Å². The molecular formula is C28H40N6O. The molecule has 35 heavy (non-hydrogen) atoms. The molecule has 3 aromatic rings. The van der Waals surface area contributed by atoms with Crippen LogP contribution < -0.4 is 5.56 Å². The molecule has 2 fully saturated rings. The van der Waals surface area contributed by atoms with Gasteiger partial charge >= 0.3 is 0 Å². The lowest BCUT2D eigenvalue weighted by molar-refractivity contribution is 0.0815. The Kier molecular flexibility index (Phi) is 7.05. The molecule has 2 aliphatic rings. The van der Waals surface area contributed by atoms with Crippen LogP contribution in [0.5, 0.6) is 0 Å². The van der Waals surface area contributed by atoms with E-state index >= 15 is 0 Å². The number of H-pyrrole nitrogens is 1. The summed E-state index contributed by atoms with van der Waals surface area (Å²) in [5.74, 6) is 1.30. The smallest absolute Gasteiger partial charge is 0.252 e. The average Bonchev–Trinajstić information content (AvgIpc) is 3.52. The third kappa shape index (κ3) is 4.92. The summed E-state index contributed by atoms with van der Waals surface area (Å²) in [5.41, 5.74) is 4.14. The minimum Gasteiger partial charge on any atom is -0.322 e. The monoisotopic (exact) mass is 476 g/mol. The number of nitrogens with zero attached hydrogens (tertiary/aromatic N) is 5. The minimum absolute atomic E-state index is 0.0138. The molecule has 7 heteroatoms. The molecule has 0 saturated heterocycles. The van der Waals surface area contributed by atoms with Gasteiger partial charge in [0.25, 0.3) is 5.56 Å². The van der Waals surface area contributed by atoms with Crippen LogP contribution in [0, 0.1) is 19.8 Å². The maximum absolute atomic E-state index is 13.3. The molecule has 2 aliphatic carbocycles. The highest BCUT2D eigenvalue weighted by atomic mass is 16.1. The Bertz CT molecular complexity index is 1220. The van der Waals surface area contributed by atoms with E-state index in [1.54, 1.807) is 0 Å². The van der Waals surface area contributed by atoms with Gasteiger partial charge in [0.15, 0.2) is 5.82 Å². The van der Waals surface area contributed by atoms with Gasteiger partial charge in [-0.05, 0) is 79.1 Å². The summed E-state index contributed by atoms with van der Waals surface area (Å²) < 4.78 is 2.13. The van der Waals surface area contributed by atoms with Crippen LogP contribution in [0.3, 0.4) is 0 Å². The summed E-state index contributed by atoms with van der Waals surface area (Å²) in [7, 11) is 0. The van der Waals surface area contributed by atoms with Crippen molar-refractivity contribution in [3.05, 3.63) is 51.1 Å². The largest absolute Gasteiger partial charge is 0.322 e. The van der Waals surface area contributed by atoms with E-state index in [1.165, 1.54) is 43.2 Å². The summed E-state index contributed by atoms with van der Waals surface area (Å²) in [5, 5.41) is 14.4. The fourth-order valence-corrected chi connectivity index (χ4v) is 6.53. The Balaban J connectivity index is 1.55. The molecule has 1 atom stereocenters. The maximum Gasteiger partial charge on any atom is 0.252 e. The SMILES string of the molecule is Cc1cc(C)c2cc(CN(C3CCCC3)[C@@H](c3nnnn3C3CCCCC3)C(C)C)c(=O)[nH]c2c1. The molecule has 0 amide bonds.